The number of carbonyl (C=O) groups excluding carboxylic acids is 1. The van der Waals surface area contributed by atoms with Gasteiger partial charge in [-0.2, -0.15) is 0 Å². The van der Waals surface area contributed by atoms with E-state index in [2.05, 4.69) is 4.90 Å². The number of hydrogen-bond donors (Lipinski definition) is 1. The van der Waals surface area contributed by atoms with E-state index in [9.17, 15) is 4.79 Å². The SMILES string of the molecule is CCN(C)C(=O)CN1CC(N)C1. The molecular weight excluding hydrogens is 154 g/mol. The lowest BCUT2D eigenvalue weighted by atomic mass is 10.1. The zero-order valence-corrected chi connectivity index (χ0v) is 7.79. The van der Waals surface area contributed by atoms with E-state index >= 15 is 0 Å². The van der Waals surface area contributed by atoms with Gasteiger partial charge in [0.2, 0.25) is 5.91 Å². The molecule has 4 nitrogen and oxygen atoms in total. The molecule has 1 aliphatic heterocycles. The number of amides is 1. The van der Waals surface area contributed by atoms with E-state index < -0.39 is 0 Å². The van der Waals surface area contributed by atoms with Crippen LogP contribution >= 0.6 is 0 Å². The van der Waals surface area contributed by atoms with Crippen molar-refractivity contribution in [3.05, 3.63) is 0 Å². The number of hydrogen-bond acceptors (Lipinski definition) is 3. The second-order valence-corrected chi connectivity index (χ2v) is 3.36. The Hall–Kier alpha value is -0.610. The van der Waals surface area contributed by atoms with Gasteiger partial charge in [-0.05, 0) is 6.92 Å². The molecule has 0 radical (unpaired) electrons. The van der Waals surface area contributed by atoms with Gasteiger partial charge in [0.1, 0.15) is 0 Å². The highest BCUT2D eigenvalue weighted by molar-refractivity contribution is 5.78. The molecule has 0 unspecified atom stereocenters. The minimum Gasteiger partial charge on any atom is -0.345 e. The van der Waals surface area contributed by atoms with E-state index in [0.717, 1.165) is 19.6 Å². The predicted molar refractivity (Wildman–Crippen MR) is 47.7 cm³/mol. The second kappa shape index (κ2) is 3.87. The molecule has 1 rings (SSSR count). The molecule has 0 saturated carbocycles. The molecule has 0 bridgehead atoms. The third-order valence-corrected chi connectivity index (χ3v) is 2.24. The molecule has 1 amide bonds. The van der Waals surface area contributed by atoms with Crippen molar-refractivity contribution in [1.82, 2.24) is 9.80 Å². The molecule has 0 atom stereocenters. The van der Waals surface area contributed by atoms with Gasteiger partial charge in [0.25, 0.3) is 0 Å². The Balaban J connectivity index is 2.18. The van der Waals surface area contributed by atoms with Crippen molar-refractivity contribution in [2.45, 2.75) is 13.0 Å². The van der Waals surface area contributed by atoms with Gasteiger partial charge in [-0.3, -0.25) is 9.69 Å². The molecule has 4 heteroatoms. The summed E-state index contributed by atoms with van der Waals surface area (Å²) in [6, 6.07) is 0.282. The van der Waals surface area contributed by atoms with Gasteiger partial charge >= 0.3 is 0 Å². The van der Waals surface area contributed by atoms with E-state index in [1.165, 1.54) is 0 Å². The maximum absolute atomic E-state index is 11.3. The Bertz CT molecular complexity index is 166. The average Bonchev–Trinajstić information content (AvgIpc) is 2.00. The van der Waals surface area contributed by atoms with Crippen LogP contribution in [-0.4, -0.2) is 55.0 Å². The van der Waals surface area contributed by atoms with Crippen LogP contribution in [0.15, 0.2) is 0 Å². The van der Waals surface area contributed by atoms with E-state index in [1.54, 1.807) is 4.90 Å². The van der Waals surface area contributed by atoms with Crippen LogP contribution in [0.2, 0.25) is 0 Å². The minimum absolute atomic E-state index is 0.185. The molecule has 0 aromatic heterocycles. The van der Waals surface area contributed by atoms with Gasteiger partial charge in [-0.15, -0.1) is 0 Å². The monoisotopic (exact) mass is 171 g/mol. The van der Waals surface area contributed by atoms with Crippen molar-refractivity contribution in [3.63, 3.8) is 0 Å². The van der Waals surface area contributed by atoms with Crippen LogP contribution in [0.5, 0.6) is 0 Å². The Labute approximate surface area is 73.3 Å². The first kappa shape index (κ1) is 9.48. The van der Waals surface area contributed by atoms with Gasteiger partial charge in [0, 0.05) is 32.7 Å². The van der Waals surface area contributed by atoms with Gasteiger partial charge in [-0.1, -0.05) is 0 Å². The van der Waals surface area contributed by atoms with Crippen LogP contribution in [0, 0.1) is 0 Å². The fourth-order valence-electron chi connectivity index (χ4n) is 1.23. The minimum atomic E-state index is 0.185. The summed E-state index contributed by atoms with van der Waals surface area (Å²) in [5, 5.41) is 0. The van der Waals surface area contributed by atoms with Gasteiger partial charge < -0.3 is 10.6 Å². The molecule has 0 aromatic rings. The summed E-state index contributed by atoms with van der Waals surface area (Å²) in [5.74, 6) is 0.185. The summed E-state index contributed by atoms with van der Waals surface area (Å²) in [5.41, 5.74) is 5.59. The first-order valence-corrected chi connectivity index (χ1v) is 4.35. The first-order valence-electron chi connectivity index (χ1n) is 4.35. The summed E-state index contributed by atoms with van der Waals surface area (Å²) >= 11 is 0. The van der Waals surface area contributed by atoms with E-state index in [1.807, 2.05) is 14.0 Å². The Morgan fingerprint density at radius 1 is 1.67 bits per heavy atom. The van der Waals surface area contributed by atoms with E-state index in [0.29, 0.717) is 6.54 Å². The lowest BCUT2D eigenvalue weighted by Crippen LogP contribution is -2.58. The normalized spacial score (nSPS) is 18.9. The third kappa shape index (κ3) is 2.19. The topological polar surface area (TPSA) is 49.6 Å². The summed E-state index contributed by atoms with van der Waals surface area (Å²) in [6.45, 7) is 5.00. The summed E-state index contributed by atoms with van der Waals surface area (Å²) in [4.78, 5) is 15.1. The number of likely N-dealkylation sites (N-methyl/N-ethyl adjacent to an activating group) is 1. The molecule has 0 aliphatic carbocycles. The molecule has 1 fully saturated rings. The average molecular weight is 171 g/mol. The zero-order chi connectivity index (χ0) is 9.14. The number of likely N-dealkylation sites (tertiary alicyclic amines) is 1. The highest BCUT2D eigenvalue weighted by Gasteiger charge is 2.25. The summed E-state index contributed by atoms with van der Waals surface area (Å²) in [6.07, 6.45) is 0. The summed E-state index contributed by atoms with van der Waals surface area (Å²) < 4.78 is 0. The number of rotatable bonds is 3. The molecule has 1 aliphatic rings. The maximum atomic E-state index is 11.3. The molecule has 12 heavy (non-hydrogen) atoms. The van der Waals surface area contributed by atoms with E-state index in [-0.39, 0.29) is 11.9 Å². The van der Waals surface area contributed by atoms with Crippen LogP contribution in [0.3, 0.4) is 0 Å². The van der Waals surface area contributed by atoms with Crippen LogP contribution in [0.1, 0.15) is 6.92 Å². The van der Waals surface area contributed by atoms with Crippen molar-refractivity contribution in [2.24, 2.45) is 5.73 Å². The molecule has 0 spiro atoms. The standard InChI is InChI=1S/C8H17N3O/c1-3-10(2)8(12)6-11-4-7(9)5-11/h7H,3-6,9H2,1-2H3. The van der Waals surface area contributed by atoms with Crippen molar-refractivity contribution in [1.29, 1.82) is 0 Å². The third-order valence-electron chi connectivity index (χ3n) is 2.24. The first-order chi connectivity index (χ1) is 5.63. The zero-order valence-electron chi connectivity index (χ0n) is 7.79. The Morgan fingerprint density at radius 2 is 2.25 bits per heavy atom. The van der Waals surface area contributed by atoms with Crippen LogP contribution in [-0.2, 0) is 4.79 Å². The van der Waals surface area contributed by atoms with Crippen LogP contribution < -0.4 is 5.73 Å². The lowest BCUT2D eigenvalue weighted by Gasteiger charge is -2.36. The Kier molecular flexibility index (Phi) is 3.05. The fraction of sp³-hybridized carbons (Fsp3) is 0.875. The summed E-state index contributed by atoms with van der Waals surface area (Å²) in [7, 11) is 1.82. The smallest absolute Gasteiger partial charge is 0.236 e. The largest absolute Gasteiger partial charge is 0.345 e. The van der Waals surface area contributed by atoms with Crippen molar-refractivity contribution < 1.29 is 4.79 Å². The fourth-order valence-corrected chi connectivity index (χ4v) is 1.23. The molecule has 0 aromatic carbocycles. The predicted octanol–water partition coefficient (Wildman–Crippen LogP) is -0.892. The van der Waals surface area contributed by atoms with Crippen molar-refractivity contribution in [2.75, 3.05) is 33.2 Å². The highest BCUT2D eigenvalue weighted by atomic mass is 16.2. The quantitative estimate of drug-likeness (QED) is 0.599. The van der Waals surface area contributed by atoms with Crippen molar-refractivity contribution >= 4 is 5.91 Å². The highest BCUT2D eigenvalue weighted by Crippen LogP contribution is 2.04. The molecular formula is C8H17N3O. The molecule has 1 saturated heterocycles. The van der Waals surface area contributed by atoms with Gasteiger partial charge in [0.05, 0.1) is 6.54 Å². The van der Waals surface area contributed by atoms with E-state index in [4.69, 9.17) is 5.73 Å². The lowest BCUT2D eigenvalue weighted by molar-refractivity contribution is -0.132. The second-order valence-electron chi connectivity index (χ2n) is 3.36. The molecule has 70 valence electrons. The Morgan fingerprint density at radius 3 is 2.67 bits per heavy atom. The van der Waals surface area contributed by atoms with Crippen molar-refractivity contribution in [3.8, 4) is 0 Å². The number of nitrogens with two attached hydrogens (primary N) is 1. The van der Waals surface area contributed by atoms with Gasteiger partial charge in [0.15, 0.2) is 0 Å². The molecule has 2 N–H and O–H groups in total. The van der Waals surface area contributed by atoms with Crippen LogP contribution in [0.25, 0.3) is 0 Å². The maximum Gasteiger partial charge on any atom is 0.236 e. The van der Waals surface area contributed by atoms with Crippen LogP contribution in [0.4, 0.5) is 0 Å². The van der Waals surface area contributed by atoms with Gasteiger partial charge in [-0.25, -0.2) is 0 Å². The number of carbonyl (C=O) groups is 1. The number of nitrogens with zero attached hydrogens (tertiary/aromatic N) is 2. The molecule has 1 heterocycles.